The molecule has 1 aliphatic heterocycles. The van der Waals surface area contributed by atoms with E-state index in [1.54, 1.807) is 16.1 Å². The molecule has 6 heteroatoms. The molecule has 1 aromatic heterocycles. The number of para-hydroxylation sites is 1. The average Bonchev–Trinajstić information content (AvgIpc) is 3.29. The highest BCUT2D eigenvalue weighted by Gasteiger charge is 2.28. The molecule has 3 aromatic carbocycles. The van der Waals surface area contributed by atoms with Gasteiger partial charge in [-0.2, -0.15) is 0 Å². The van der Waals surface area contributed by atoms with Crippen LogP contribution in [-0.2, 0) is 16.4 Å². The van der Waals surface area contributed by atoms with E-state index in [9.17, 15) is 8.42 Å². The van der Waals surface area contributed by atoms with Gasteiger partial charge in [-0.3, -0.25) is 0 Å². The molecule has 0 aliphatic carbocycles. The van der Waals surface area contributed by atoms with Gasteiger partial charge in [0.1, 0.15) is 5.82 Å². The van der Waals surface area contributed by atoms with E-state index in [4.69, 9.17) is 0 Å². The predicted octanol–water partition coefficient (Wildman–Crippen LogP) is 6.25. The van der Waals surface area contributed by atoms with Gasteiger partial charge in [0, 0.05) is 37.3 Å². The Bertz CT molecular complexity index is 1420. The number of unbranched alkanes of at least 4 members (excludes halogenated alkanes) is 2. The number of piperazine rings is 1. The van der Waals surface area contributed by atoms with E-state index in [0.29, 0.717) is 4.90 Å². The number of anilines is 2. The summed E-state index contributed by atoms with van der Waals surface area (Å²) in [6, 6.07) is 25.9. The standard InChI is InChI=1S/C30H35N3O2S/c1-3-4-6-9-25-14-17-29-26(22-25)23-30(33(29)36(34,35)28-15-12-24(2)13-16-28)32-20-18-31(19-21-32)27-10-7-5-8-11-27/h5,7-8,10-17,22-23H,3-4,6,9,18-21H2,1-2H3. The van der Waals surface area contributed by atoms with Crippen molar-refractivity contribution in [3.8, 4) is 0 Å². The van der Waals surface area contributed by atoms with Crippen LogP contribution in [0.1, 0.15) is 37.3 Å². The van der Waals surface area contributed by atoms with Crippen LogP contribution in [-0.4, -0.2) is 38.6 Å². The molecular formula is C30H35N3O2S. The molecule has 4 aromatic rings. The fourth-order valence-electron chi connectivity index (χ4n) is 5.08. The fraction of sp³-hybridized carbons (Fsp3) is 0.333. The van der Waals surface area contributed by atoms with Crippen LogP contribution in [0.15, 0.2) is 83.8 Å². The van der Waals surface area contributed by atoms with Gasteiger partial charge in [0.2, 0.25) is 0 Å². The number of aryl methyl sites for hydroxylation is 2. The molecule has 5 rings (SSSR count). The predicted molar refractivity (Wildman–Crippen MR) is 150 cm³/mol. The quantitative estimate of drug-likeness (QED) is 0.268. The van der Waals surface area contributed by atoms with Crippen molar-refractivity contribution in [2.45, 2.75) is 44.4 Å². The second-order valence-corrected chi connectivity index (χ2v) is 11.5. The van der Waals surface area contributed by atoms with Crippen molar-refractivity contribution in [3.05, 3.63) is 90.0 Å². The number of hydrogen-bond acceptors (Lipinski definition) is 4. The largest absolute Gasteiger partial charge is 0.368 e. The molecule has 0 atom stereocenters. The number of aromatic nitrogens is 1. The van der Waals surface area contributed by atoms with Gasteiger partial charge in [-0.05, 0) is 67.8 Å². The normalized spacial score (nSPS) is 14.5. The lowest BCUT2D eigenvalue weighted by molar-refractivity contribution is 0.586. The van der Waals surface area contributed by atoms with E-state index in [2.05, 4.69) is 59.2 Å². The van der Waals surface area contributed by atoms with Crippen LogP contribution in [0.3, 0.4) is 0 Å². The Morgan fingerprint density at radius 3 is 2.17 bits per heavy atom. The van der Waals surface area contributed by atoms with Crippen LogP contribution in [0, 0.1) is 6.92 Å². The molecule has 5 nitrogen and oxygen atoms in total. The molecular weight excluding hydrogens is 466 g/mol. The highest BCUT2D eigenvalue weighted by molar-refractivity contribution is 7.90. The lowest BCUT2D eigenvalue weighted by Gasteiger charge is -2.37. The summed E-state index contributed by atoms with van der Waals surface area (Å²) in [5.41, 5.74) is 4.26. The Hall–Kier alpha value is -3.25. The SMILES string of the molecule is CCCCCc1ccc2c(c1)cc(N1CCN(c3ccccc3)CC1)n2S(=O)(=O)c1ccc(C)cc1. The third kappa shape index (κ3) is 4.87. The zero-order valence-corrected chi connectivity index (χ0v) is 22.0. The van der Waals surface area contributed by atoms with Crippen molar-refractivity contribution in [1.29, 1.82) is 0 Å². The Balaban J connectivity index is 1.53. The van der Waals surface area contributed by atoms with E-state index >= 15 is 0 Å². The maximum Gasteiger partial charge on any atom is 0.269 e. The summed E-state index contributed by atoms with van der Waals surface area (Å²) in [6.07, 6.45) is 4.56. The highest BCUT2D eigenvalue weighted by atomic mass is 32.2. The molecule has 1 saturated heterocycles. The second-order valence-electron chi connectivity index (χ2n) is 9.74. The first kappa shape index (κ1) is 24.4. The summed E-state index contributed by atoms with van der Waals surface area (Å²) in [7, 11) is -3.76. The summed E-state index contributed by atoms with van der Waals surface area (Å²) in [4.78, 5) is 4.91. The van der Waals surface area contributed by atoms with Crippen LogP contribution in [0.2, 0.25) is 0 Å². The van der Waals surface area contributed by atoms with Gasteiger partial charge in [0.15, 0.2) is 0 Å². The van der Waals surface area contributed by atoms with Crippen molar-refractivity contribution in [2.75, 3.05) is 36.0 Å². The number of nitrogens with zero attached hydrogens (tertiary/aromatic N) is 3. The second kappa shape index (κ2) is 10.4. The third-order valence-electron chi connectivity index (χ3n) is 7.16. The summed E-state index contributed by atoms with van der Waals surface area (Å²) in [5.74, 6) is 0.754. The van der Waals surface area contributed by atoms with E-state index < -0.39 is 10.0 Å². The summed E-state index contributed by atoms with van der Waals surface area (Å²) in [5, 5.41) is 0.986. The molecule has 2 heterocycles. The van der Waals surface area contributed by atoms with Gasteiger partial charge in [-0.1, -0.05) is 61.7 Å². The molecule has 0 spiro atoms. The Labute approximate surface area is 215 Å². The molecule has 0 amide bonds. The first-order valence-corrected chi connectivity index (χ1v) is 14.4. The lowest BCUT2D eigenvalue weighted by Crippen LogP contribution is -2.47. The minimum Gasteiger partial charge on any atom is -0.368 e. The summed E-state index contributed by atoms with van der Waals surface area (Å²) in [6.45, 7) is 7.40. The Morgan fingerprint density at radius 1 is 0.778 bits per heavy atom. The van der Waals surface area contributed by atoms with Gasteiger partial charge in [-0.15, -0.1) is 0 Å². The van der Waals surface area contributed by atoms with Crippen LogP contribution in [0.5, 0.6) is 0 Å². The monoisotopic (exact) mass is 501 g/mol. The van der Waals surface area contributed by atoms with Gasteiger partial charge >= 0.3 is 0 Å². The molecule has 1 aliphatic rings. The number of hydrogen-bond donors (Lipinski definition) is 0. The lowest BCUT2D eigenvalue weighted by atomic mass is 10.1. The molecule has 36 heavy (non-hydrogen) atoms. The molecule has 1 fully saturated rings. The summed E-state index contributed by atoms with van der Waals surface area (Å²) < 4.78 is 29.6. The maximum absolute atomic E-state index is 14.0. The fourth-order valence-corrected chi connectivity index (χ4v) is 6.61. The zero-order valence-electron chi connectivity index (χ0n) is 21.2. The Kier molecular flexibility index (Phi) is 7.06. The molecule has 0 unspecified atom stereocenters. The third-order valence-corrected chi connectivity index (χ3v) is 8.89. The van der Waals surface area contributed by atoms with Crippen molar-refractivity contribution < 1.29 is 8.42 Å². The minimum absolute atomic E-state index is 0.321. The number of benzene rings is 3. The van der Waals surface area contributed by atoms with Gasteiger partial charge < -0.3 is 9.80 Å². The molecule has 0 N–H and O–H groups in total. The highest BCUT2D eigenvalue weighted by Crippen LogP contribution is 2.33. The van der Waals surface area contributed by atoms with Crippen LogP contribution in [0.25, 0.3) is 10.9 Å². The molecule has 0 bridgehead atoms. The maximum atomic E-state index is 14.0. The topological polar surface area (TPSA) is 45.5 Å². The molecule has 188 valence electrons. The number of fused-ring (bicyclic) bond motifs is 1. The van der Waals surface area contributed by atoms with Crippen molar-refractivity contribution in [3.63, 3.8) is 0 Å². The van der Waals surface area contributed by atoms with Crippen LogP contribution in [0.4, 0.5) is 11.5 Å². The van der Waals surface area contributed by atoms with Crippen molar-refractivity contribution in [1.82, 2.24) is 3.97 Å². The zero-order chi connectivity index (χ0) is 25.1. The minimum atomic E-state index is -3.76. The molecule has 0 radical (unpaired) electrons. The van der Waals surface area contributed by atoms with E-state index in [1.807, 2.05) is 31.2 Å². The van der Waals surface area contributed by atoms with E-state index in [-0.39, 0.29) is 0 Å². The van der Waals surface area contributed by atoms with Crippen molar-refractivity contribution in [2.24, 2.45) is 0 Å². The smallest absolute Gasteiger partial charge is 0.269 e. The Morgan fingerprint density at radius 2 is 1.47 bits per heavy atom. The van der Waals surface area contributed by atoms with Gasteiger partial charge in [0.05, 0.1) is 10.4 Å². The van der Waals surface area contributed by atoms with Gasteiger partial charge in [0.25, 0.3) is 10.0 Å². The molecule has 0 saturated carbocycles. The van der Waals surface area contributed by atoms with E-state index in [1.165, 1.54) is 24.1 Å². The van der Waals surface area contributed by atoms with Crippen LogP contribution < -0.4 is 9.80 Å². The average molecular weight is 502 g/mol. The van der Waals surface area contributed by atoms with Gasteiger partial charge in [-0.25, -0.2) is 12.4 Å². The first-order valence-electron chi connectivity index (χ1n) is 13.0. The van der Waals surface area contributed by atoms with E-state index in [0.717, 1.165) is 61.3 Å². The summed E-state index contributed by atoms with van der Waals surface area (Å²) >= 11 is 0. The van der Waals surface area contributed by atoms with Crippen LogP contribution >= 0.6 is 0 Å². The van der Waals surface area contributed by atoms with Crippen molar-refractivity contribution >= 4 is 32.4 Å². The first-order chi connectivity index (χ1) is 17.5. The number of rotatable bonds is 8.